The van der Waals surface area contributed by atoms with Crippen LogP contribution in [-0.2, 0) is 6.54 Å². The number of amides is 2. The number of aromatic nitrogens is 1. The van der Waals surface area contributed by atoms with Crippen LogP contribution in [0.2, 0.25) is 0 Å². The molecule has 8 heteroatoms. The summed E-state index contributed by atoms with van der Waals surface area (Å²) in [5, 5.41) is 16.6. The standard InChI is InChI=1S/C24H19N5OS2/c1-2-19-13-26-22(15-31-19)28-24(30)29(12-4-11-25)14-17-7-9-18(10-8-17)20-5-3-6-21-23(20)32-16-27-21/h1,3,5-10,13,15-16,26H,4,12,14H2,(H,28,30). The van der Waals surface area contributed by atoms with Crippen molar-refractivity contribution in [3.8, 4) is 29.5 Å². The van der Waals surface area contributed by atoms with Gasteiger partial charge in [-0.2, -0.15) is 5.26 Å². The van der Waals surface area contributed by atoms with Crippen molar-refractivity contribution in [2.24, 2.45) is 0 Å². The van der Waals surface area contributed by atoms with Gasteiger partial charge >= 0.3 is 6.03 Å². The van der Waals surface area contributed by atoms with Gasteiger partial charge in [-0.1, -0.05) is 54.1 Å². The average Bonchev–Trinajstić information content (AvgIpc) is 3.32. The zero-order valence-corrected chi connectivity index (χ0v) is 18.7. The molecule has 6 nitrogen and oxygen atoms in total. The van der Waals surface area contributed by atoms with Crippen LogP contribution in [0.1, 0.15) is 12.0 Å². The molecular formula is C24H19N5OS2. The van der Waals surface area contributed by atoms with Crippen molar-refractivity contribution >= 4 is 39.3 Å². The zero-order chi connectivity index (χ0) is 22.3. The van der Waals surface area contributed by atoms with Crippen LogP contribution in [0.3, 0.4) is 0 Å². The summed E-state index contributed by atoms with van der Waals surface area (Å²) in [7, 11) is 0. The second kappa shape index (κ2) is 10.1. The third kappa shape index (κ3) is 4.94. The Labute approximate surface area is 194 Å². The van der Waals surface area contributed by atoms with E-state index in [-0.39, 0.29) is 12.5 Å². The van der Waals surface area contributed by atoms with Crippen LogP contribution in [0.25, 0.3) is 21.3 Å². The van der Waals surface area contributed by atoms with Gasteiger partial charge in [-0.3, -0.25) is 5.32 Å². The number of nitrogens with zero attached hydrogens (tertiary/aromatic N) is 3. The number of nitrogens with one attached hydrogen (secondary N) is 2. The van der Waals surface area contributed by atoms with Crippen LogP contribution in [0, 0.1) is 23.7 Å². The van der Waals surface area contributed by atoms with E-state index in [2.05, 4.69) is 45.8 Å². The summed E-state index contributed by atoms with van der Waals surface area (Å²) in [5.41, 5.74) is 6.06. The van der Waals surface area contributed by atoms with Gasteiger partial charge in [0.05, 0.1) is 33.1 Å². The molecule has 0 radical (unpaired) electrons. The Morgan fingerprint density at radius 3 is 2.81 bits per heavy atom. The van der Waals surface area contributed by atoms with Gasteiger partial charge in [-0.25, -0.2) is 9.78 Å². The molecule has 0 spiro atoms. The minimum atomic E-state index is -0.282. The highest BCUT2D eigenvalue weighted by molar-refractivity contribution is 8.06. The maximum Gasteiger partial charge on any atom is 0.323 e. The Bertz CT molecular complexity index is 1280. The fraction of sp³-hybridized carbons (Fsp3) is 0.125. The normalized spacial score (nSPS) is 12.7. The highest BCUT2D eigenvalue weighted by Gasteiger charge is 2.16. The summed E-state index contributed by atoms with van der Waals surface area (Å²) in [6.45, 7) is 0.723. The quantitative estimate of drug-likeness (QED) is 0.509. The number of fused-ring (bicyclic) bond motifs is 1. The number of carbonyl (C=O) groups excluding carboxylic acids is 1. The lowest BCUT2D eigenvalue weighted by Crippen LogP contribution is -2.42. The molecule has 3 aromatic rings. The van der Waals surface area contributed by atoms with Crippen LogP contribution in [0.5, 0.6) is 0 Å². The number of carbonyl (C=O) groups is 1. The fourth-order valence-electron chi connectivity index (χ4n) is 3.23. The minimum Gasteiger partial charge on any atom is -0.346 e. The second-order valence-electron chi connectivity index (χ2n) is 6.91. The van der Waals surface area contributed by atoms with E-state index in [9.17, 15) is 4.79 Å². The molecule has 4 rings (SSSR count). The molecule has 0 bridgehead atoms. The van der Waals surface area contributed by atoms with E-state index in [1.54, 1.807) is 27.8 Å². The predicted molar refractivity (Wildman–Crippen MR) is 130 cm³/mol. The van der Waals surface area contributed by atoms with Gasteiger partial charge in [-0.05, 0) is 17.2 Å². The molecule has 0 fully saturated rings. The van der Waals surface area contributed by atoms with E-state index >= 15 is 0 Å². The Kier molecular flexibility index (Phi) is 6.76. The first kappa shape index (κ1) is 21.5. The lowest BCUT2D eigenvalue weighted by atomic mass is 10.0. The van der Waals surface area contributed by atoms with Crippen molar-refractivity contribution < 1.29 is 4.79 Å². The maximum absolute atomic E-state index is 12.8. The van der Waals surface area contributed by atoms with Gasteiger partial charge < -0.3 is 10.2 Å². The first-order valence-electron chi connectivity index (χ1n) is 9.82. The number of hydrogen-bond donors (Lipinski definition) is 2. The lowest BCUT2D eigenvalue weighted by Gasteiger charge is -2.24. The lowest BCUT2D eigenvalue weighted by molar-refractivity contribution is 0.198. The van der Waals surface area contributed by atoms with Gasteiger partial charge in [0.15, 0.2) is 0 Å². The van der Waals surface area contributed by atoms with E-state index in [1.165, 1.54) is 11.8 Å². The van der Waals surface area contributed by atoms with E-state index < -0.39 is 0 Å². The highest BCUT2D eigenvalue weighted by Crippen LogP contribution is 2.31. The van der Waals surface area contributed by atoms with Crippen molar-refractivity contribution in [3.05, 3.63) is 75.9 Å². The molecule has 1 aliphatic heterocycles. The molecule has 0 atom stereocenters. The Hall–Kier alpha value is -3.72. The van der Waals surface area contributed by atoms with Crippen molar-refractivity contribution in [3.63, 3.8) is 0 Å². The van der Waals surface area contributed by atoms with Crippen molar-refractivity contribution in [2.45, 2.75) is 13.0 Å². The smallest absolute Gasteiger partial charge is 0.323 e. The Morgan fingerprint density at radius 1 is 1.25 bits per heavy atom. The molecule has 32 heavy (non-hydrogen) atoms. The van der Waals surface area contributed by atoms with Crippen LogP contribution in [0.15, 0.2) is 70.3 Å². The Balaban J connectivity index is 1.46. The number of allylic oxidation sites excluding steroid dienone is 1. The molecule has 0 saturated heterocycles. The SMILES string of the molecule is C#CC1=CNC(NC(=O)N(CCC#N)Cc2ccc(-c3cccc4ncsc34)cc2)=CS1. The highest BCUT2D eigenvalue weighted by atomic mass is 32.2. The first-order valence-corrected chi connectivity index (χ1v) is 11.6. The summed E-state index contributed by atoms with van der Waals surface area (Å²) in [5.74, 6) is 3.09. The molecule has 2 N–H and O–H groups in total. The molecule has 1 aromatic heterocycles. The molecule has 0 unspecified atom stereocenters. The van der Waals surface area contributed by atoms with E-state index in [0.717, 1.165) is 31.8 Å². The largest absolute Gasteiger partial charge is 0.346 e. The first-order chi connectivity index (χ1) is 15.7. The number of benzene rings is 2. The van der Waals surface area contributed by atoms with Gasteiger partial charge in [-0.15, -0.1) is 17.8 Å². The third-order valence-electron chi connectivity index (χ3n) is 4.82. The number of terminal acetylenes is 1. The predicted octanol–water partition coefficient (Wildman–Crippen LogP) is 5.00. The summed E-state index contributed by atoms with van der Waals surface area (Å²) >= 11 is 2.98. The number of thioether (sulfide) groups is 1. The topological polar surface area (TPSA) is 81.0 Å². The zero-order valence-electron chi connectivity index (χ0n) is 17.0. The molecule has 0 aliphatic carbocycles. The van der Waals surface area contributed by atoms with E-state index in [1.807, 2.05) is 29.8 Å². The molecule has 2 heterocycles. The number of rotatable bonds is 6. The van der Waals surface area contributed by atoms with Gasteiger partial charge in [0.1, 0.15) is 5.82 Å². The maximum atomic E-state index is 12.8. The van der Waals surface area contributed by atoms with E-state index in [0.29, 0.717) is 18.9 Å². The summed E-state index contributed by atoms with van der Waals surface area (Å²) in [6, 6.07) is 16.1. The molecule has 1 aliphatic rings. The number of thiazole rings is 1. The molecular weight excluding hydrogens is 438 g/mol. The molecule has 0 saturated carbocycles. The fourth-order valence-corrected chi connectivity index (χ4v) is 4.62. The number of urea groups is 1. The minimum absolute atomic E-state index is 0.251. The van der Waals surface area contributed by atoms with Crippen LogP contribution < -0.4 is 10.6 Å². The van der Waals surface area contributed by atoms with Crippen LogP contribution in [0.4, 0.5) is 4.79 Å². The molecule has 158 valence electrons. The van der Waals surface area contributed by atoms with Gasteiger partial charge in [0.25, 0.3) is 0 Å². The van der Waals surface area contributed by atoms with Crippen LogP contribution >= 0.6 is 23.1 Å². The van der Waals surface area contributed by atoms with Gasteiger partial charge in [0, 0.05) is 30.3 Å². The van der Waals surface area contributed by atoms with E-state index in [4.69, 9.17) is 11.7 Å². The molecule has 2 amide bonds. The third-order valence-corrected chi connectivity index (χ3v) is 6.54. The second-order valence-corrected chi connectivity index (χ2v) is 8.68. The van der Waals surface area contributed by atoms with Crippen molar-refractivity contribution in [1.82, 2.24) is 20.5 Å². The van der Waals surface area contributed by atoms with Crippen molar-refractivity contribution in [2.75, 3.05) is 6.54 Å². The summed E-state index contributed by atoms with van der Waals surface area (Å²) in [6.07, 6.45) is 7.29. The number of hydrogen-bond acceptors (Lipinski definition) is 6. The summed E-state index contributed by atoms with van der Waals surface area (Å²) < 4.78 is 1.16. The summed E-state index contributed by atoms with van der Waals surface area (Å²) in [4.78, 5) is 19.6. The van der Waals surface area contributed by atoms with Crippen LogP contribution in [-0.4, -0.2) is 22.5 Å². The monoisotopic (exact) mass is 457 g/mol. The Morgan fingerprint density at radius 2 is 2.09 bits per heavy atom. The molecule has 2 aromatic carbocycles. The number of nitriles is 1. The van der Waals surface area contributed by atoms with Gasteiger partial charge in [0.2, 0.25) is 0 Å². The average molecular weight is 458 g/mol. The van der Waals surface area contributed by atoms with Crippen molar-refractivity contribution in [1.29, 1.82) is 5.26 Å².